The maximum Gasteiger partial charge on any atom is 0.253 e. The van der Waals surface area contributed by atoms with Crippen LogP contribution >= 0.6 is 23.2 Å². The molecule has 1 aliphatic rings. The van der Waals surface area contributed by atoms with Crippen LogP contribution in [0.25, 0.3) is 0 Å². The Kier molecular flexibility index (Phi) is 5.73. The number of rotatable bonds is 5. The van der Waals surface area contributed by atoms with Gasteiger partial charge in [-0.3, -0.25) is 4.79 Å². The highest BCUT2D eigenvalue weighted by atomic mass is 35.5. The summed E-state index contributed by atoms with van der Waals surface area (Å²) >= 11 is 12.1. The lowest BCUT2D eigenvalue weighted by Crippen LogP contribution is -2.30. The zero-order valence-corrected chi connectivity index (χ0v) is 13.6. The summed E-state index contributed by atoms with van der Waals surface area (Å²) in [5.41, 5.74) is 0.526. The standard InChI is InChI=1S/C15H19Cl2NO3/c1-9(21-11-5-3-4-6-11)15(19)18-10-7-12(16)14(20-2)13(17)8-10/h7-9,11H,3-6H2,1-2H3,(H,18,19). The summed E-state index contributed by atoms with van der Waals surface area (Å²) in [6.45, 7) is 1.75. The minimum absolute atomic E-state index is 0.189. The topological polar surface area (TPSA) is 47.6 Å². The third kappa shape index (κ3) is 4.25. The Labute approximate surface area is 134 Å². The number of amides is 1. The van der Waals surface area contributed by atoms with Gasteiger partial charge in [-0.2, -0.15) is 0 Å². The number of carbonyl (C=O) groups is 1. The average molecular weight is 332 g/mol. The van der Waals surface area contributed by atoms with Gasteiger partial charge in [0.1, 0.15) is 6.10 Å². The van der Waals surface area contributed by atoms with E-state index < -0.39 is 6.10 Å². The van der Waals surface area contributed by atoms with Crippen LogP contribution in [0, 0.1) is 0 Å². The van der Waals surface area contributed by atoms with Gasteiger partial charge in [-0.15, -0.1) is 0 Å². The molecule has 0 aromatic heterocycles. The normalized spacial score (nSPS) is 16.8. The van der Waals surface area contributed by atoms with Crippen molar-refractivity contribution in [2.45, 2.75) is 44.8 Å². The van der Waals surface area contributed by atoms with Crippen molar-refractivity contribution in [2.24, 2.45) is 0 Å². The van der Waals surface area contributed by atoms with Crippen LogP contribution in [0.1, 0.15) is 32.6 Å². The van der Waals surface area contributed by atoms with E-state index in [2.05, 4.69) is 5.32 Å². The van der Waals surface area contributed by atoms with Gasteiger partial charge in [0.2, 0.25) is 0 Å². The molecule has 0 aliphatic heterocycles. The Hall–Kier alpha value is -0.970. The molecule has 0 spiro atoms. The van der Waals surface area contributed by atoms with Crippen LogP contribution in [-0.4, -0.2) is 25.2 Å². The molecule has 21 heavy (non-hydrogen) atoms. The SMILES string of the molecule is COc1c(Cl)cc(NC(=O)C(C)OC2CCCC2)cc1Cl. The molecular weight excluding hydrogens is 313 g/mol. The molecule has 1 N–H and O–H groups in total. The number of methoxy groups -OCH3 is 1. The van der Waals surface area contributed by atoms with Gasteiger partial charge in [0, 0.05) is 5.69 Å². The third-order valence-corrected chi connectivity index (χ3v) is 4.10. The smallest absolute Gasteiger partial charge is 0.253 e. The number of anilines is 1. The molecule has 0 heterocycles. The maximum atomic E-state index is 12.1. The fourth-order valence-corrected chi connectivity index (χ4v) is 3.09. The van der Waals surface area contributed by atoms with E-state index in [4.69, 9.17) is 32.7 Å². The van der Waals surface area contributed by atoms with Crippen molar-refractivity contribution in [1.82, 2.24) is 0 Å². The van der Waals surface area contributed by atoms with E-state index in [1.54, 1.807) is 19.1 Å². The molecule has 1 fully saturated rings. The predicted octanol–water partition coefficient (Wildman–Crippen LogP) is 4.29. The second-order valence-electron chi connectivity index (χ2n) is 5.15. The van der Waals surface area contributed by atoms with Crippen molar-refractivity contribution in [3.63, 3.8) is 0 Å². The van der Waals surface area contributed by atoms with Crippen molar-refractivity contribution in [1.29, 1.82) is 0 Å². The van der Waals surface area contributed by atoms with E-state index >= 15 is 0 Å². The van der Waals surface area contributed by atoms with Gasteiger partial charge < -0.3 is 14.8 Å². The van der Waals surface area contributed by atoms with Crippen LogP contribution in [-0.2, 0) is 9.53 Å². The van der Waals surface area contributed by atoms with Gasteiger partial charge in [-0.05, 0) is 31.9 Å². The van der Waals surface area contributed by atoms with E-state index in [0.717, 1.165) is 12.8 Å². The number of nitrogens with one attached hydrogen (secondary N) is 1. The van der Waals surface area contributed by atoms with Gasteiger partial charge in [-0.1, -0.05) is 36.0 Å². The van der Waals surface area contributed by atoms with Crippen molar-refractivity contribution in [3.8, 4) is 5.75 Å². The summed E-state index contributed by atoms with van der Waals surface area (Å²) in [6, 6.07) is 3.21. The number of ether oxygens (including phenoxy) is 2. The molecule has 1 unspecified atom stereocenters. The van der Waals surface area contributed by atoms with Crippen molar-refractivity contribution >= 4 is 34.8 Å². The van der Waals surface area contributed by atoms with Crippen LogP contribution in [0.4, 0.5) is 5.69 Å². The molecule has 1 aliphatic carbocycles. The summed E-state index contributed by atoms with van der Waals surface area (Å²) in [4.78, 5) is 12.1. The molecule has 0 radical (unpaired) electrons. The summed E-state index contributed by atoms with van der Waals surface area (Å²) in [7, 11) is 1.49. The predicted molar refractivity (Wildman–Crippen MR) is 84.4 cm³/mol. The van der Waals surface area contributed by atoms with Crippen LogP contribution in [0.5, 0.6) is 5.75 Å². The first-order valence-corrected chi connectivity index (χ1v) is 7.76. The monoisotopic (exact) mass is 331 g/mol. The molecule has 1 saturated carbocycles. The third-order valence-electron chi connectivity index (χ3n) is 3.54. The highest BCUT2D eigenvalue weighted by Gasteiger charge is 2.22. The molecule has 6 heteroatoms. The molecular formula is C15H19Cl2NO3. The minimum Gasteiger partial charge on any atom is -0.494 e. The lowest BCUT2D eigenvalue weighted by atomic mass is 10.2. The van der Waals surface area contributed by atoms with Crippen LogP contribution in [0.3, 0.4) is 0 Å². The molecule has 1 amide bonds. The Morgan fingerprint density at radius 1 is 1.29 bits per heavy atom. The number of carbonyl (C=O) groups excluding carboxylic acids is 1. The quantitative estimate of drug-likeness (QED) is 0.875. The average Bonchev–Trinajstić information content (AvgIpc) is 2.91. The first-order chi connectivity index (χ1) is 10.0. The van der Waals surface area contributed by atoms with Gasteiger partial charge in [-0.25, -0.2) is 0 Å². The molecule has 4 nitrogen and oxygen atoms in total. The molecule has 116 valence electrons. The number of hydrogen-bond donors (Lipinski definition) is 1. The van der Waals surface area contributed by atoms with E-state index in [1.165, 1.54) is 20.0 Å². The van der Waals surface area contributed by atoms with Crippen LogP contribution in [0.15, 0.2) is 12.1 Å². The minimum atomic E-state index is -0.507. The van der Waals surface area contributed by atoms with Crippen LogP contribution < -0.4 is 10.1 Å². The molecule has 0 saturated heterocycles. The van der Waals surface area contributed by atoms with E-state index in [9.17, 15) is 4.79 Å². The number of halogens is 2. The Morgan fingerprint density at radius 2 is 1.86 bits per heavy atom. The summed E-state index contributed by atoms with van der Waals surface area (Å²) < 4.78 is 10.8. The Balaban J connectivity index is 1.98. The fourth-order valence-electron chi connectivity index (χ4n) is 2.45. The molecule has 1 aromatic carbocycles. The van der Waals surface area contributed by atoms with E-state index in [1.807, 2.05) is 0 Å². The van der Waals surface area contributed by atoms with E-state index in [-0.39, 0.29) is 12.0 Å². The van der Waals surface area contributed by atoms with Crippen molar-refractivity contribution in [2.75, 3.05) is 12.4 Å². The highest BCUT2D eigenvalue weighted by Crippen LogP contribution is 2.35. The van der Waals surface area contributed by atoms with Crippen molar-refractivity contribution < 1.29 is 14.3 Å². The zero-order valence-electron chi connectivity index (χ0n) is 12.1. The molecule has 1 aromatic rings. The Bertz CT molecular complexity index is 493. The van der Waals surface area contributed by atoms with Crippen molar-refractivity contribution in [3.05, 3.63) is 22.2 Å². The summed E-state index contributed by atoms with van der Waals surface area (Å²) in [5, 5.41) is 3.46. The molecule has 2 rings (SSSR count). The highest BCUT2D eigenvalue weighted by molar-refractivity contribution is 6.37. The fraction of sp³-hybridized carbons (Fsp3) is 0.533. The molecule has 1 atom stereocenters. The van der Waals surface area contributed by atoms with E-state index in [0.29, 0.717) is 21.5 Å². The second-order valence-corrected chi connectivity index (χ2v) is 5.96. The second kappa shape index (κ2) is 7.34. The summed E-state index contributed by atoms with van der Waals surface area (Å²) in [5.74, 6) is 0.186. The first-order valence-electron chi connectivity index (χ1n) is 7.00. The van der Waals surface area contributed by atoms with Crippen LogP contribution in [0.2, 0.25) is 10.0 Å². The zero-order chi connectivity index (χ0) is 15.4. The lowest BCUT2D eigenvalue weighted by molar-refractivity contribution is -0.129. The van der Waals surface area contributed by atoms with Gasteiger partial charge in [0.05, 0.1) is 23.3 Å². The van der Waals surface area contributed by atoms with Gasteiger partial charge in [0.25, 0.3) is 5.91 Å². The Morgan fingerprint density at radius 3 is 2.38 bits per heavy atom. The first kappa shape index (κ1) is 16.4. The lowest BCUT2D eigenvalue weighted by Gasteiger charge is -2.18. The van der Waals surface area contributed by atoms with Gasteiger partial charge >= 0.3 is 0 Å². The maximum absolute atomic E-state index is 12.1. The summed E-state index contributed by atoms with van der Waals surface area (Å²) in [6.07, 6.45) is 4.07. The number of hydrogen-bond acceptors (Lipinski definition) is 3. The molecule has 0 bridgehead atoms. The number of benzene rings is 1. The largest absolute Gasteiger partial charge is 0.494 e. The van der Waals surface area contributed by atoms with Gasteiger partial charge in [0.15, 0.2) is 5.75 Å².